The summed E-state index contributed by atoms with van der Waals surface area (Å²) in [5, 5.41) is 7.12. The number of hydrogen-bond donors (Lipinski definition) is 0. The minimum absolute atomic E-state index is 0.0982. The van der Waals surface area contributed by atoms with Crippen LogP contribution in [0.5, 0.6) is 0 Å². The van der Waals surface area contributed by atoms with Gasteiger partial charge in [-0.25, -0.2) is 43.2 Å². The van der Waals surface area contributed by atoms with E-state index in [0.29, 0.717) is 38.2 Å². The summed E-state index contributed by atoms with van der Waals surface area (Å²) < 4.78 is 155. The summed E-state index contributed by atoms with van der Waals surface area (Å²) >= 11 is 0. The first-order valence-electron chi connectivity index (χ1n) is 13.7. The van der Waals surface area contributed by atoms with Crippen LogP contribution in [-0.4, -0.2) is 45.4 Å². The third-order valence-electron chi connectivity index (χ3n) is 7.92. The third kappa shape index (κ3) is 5.42. The number of carbonyl (C=O) groups is 1. The second-order valence-electron chi connectivity index (χ2n) is 11.5. The predicted octanol–water partition coefficient (Wildman–Crippen LogP) is 5.47. The fourth-order valence-corrected chi connectivity index (χ4v) is 7.46. The average Bonchev–Trinajstić information content (AvgIpc) is 3.90. The maximum Gasteiger partial charge on any atom is 0.202 e. The van der Waals surface area contributed by atoms with E-state index < -0.39 is 105 Å². The summed E-state index contributed by atoms with van der Waals surface area (Å²) in [6, 6.07) is 0. The van der Waals surface area contributed by atoms with Gasteiger partial charge in [-0.1, -0.05) is 10.3 Å². The average molecular weight is 689 g/mol. The maximum absolute atomic E-state index is 15.9. The Morgan fingerprint density at radius 1 is 0.652 bits per heavy atom. The van der Waals surface area contributed by atoms with Crippen molar-refractivity contribution in [2.24, 2.45) is 0 Å². The van der Waals surface area contributed by atoms with Crippen LogP contribution in [-0.2, 0) is 32.5 Å². The van der Waals surface area contributed by atoms with Crippen molar-refractivity contribution in [3.05, 3.63) is 92.2 Å². The highest BCUT2D eigenvalue weighted by atomic mass is 32.2. The lowest BCUT2D eigenvalue weighted by atomic mass is 9.94. The summed E-state index contributed by atoms with van der Waals surface area (Å²) in [7, 11) is -10.0. The van der Waals surface area contributed by atoms with Gasteiger partial charge >= 0.3 is 0 Å². The van der Waals surface area contributed by atoms with E-state index in [4.69, 9.17) is 9.05 Å². The van der Waals surface area contributed by atoms with Gasteiger partial charge in [0, 0.05) is 59.4 Å². The Labute approximate surface area is 257 Å². The molecule has 0 atom stereocenters. The second-order valence-corrected chi connectivity index (χ2v) is 15.4. The Hall–Kier alpha value is -3.99. The highest BCUT2D eigenvalue weighted by molar-refractivity contribution is 7.91. The molecule has 2 aliphatic carbocycles. The largest absolute Gasteiger partial charge is 0.361 e. The molecule has 4 aromatic rings. The first-order chi connectivity index (χ1) is 21.5. The van der Waals surface area contributed by atoms with Gasteiger partial charge in [0.1, 0.15) is 32.9 Å². The van der Waals surface area contributed by atoms with Crippen molar-refractivity contribution in [3.63, 3.8) is 0 Å². The van der Waals surface area contributed by atoms with Crippen LogP contribution in [0.25, 0.3) is 0 Å². The highest BCUT2D eigenvalue weighted by Gasteiger charge is 2.41. The van der Waals surface area contributed by atoms with Gasteiger partial charge in [0.2, 0.25) is 5.78 Å². The van der Waals surface area contributed by atoms with Gasteiger partial charge in [-0.15, -0.1) is 0 Å². The van der Waals surface area contributed by atoms with Gasteiger partial charge in [-0.3, -0.25) is 4.79 Å². The molecule has 9 nitrogen and oxygen atoms in total. The monoisotopic (exact) mass is 688 g/mol. The minimum Gasteiger partial charge on any atom is -0.361 e. The van der Waals surface area contributed by atoms with Crippen molar-refractivity contribution < 1.29 is 57.0 Å². The quantitative estimate of drug-likeness (QED) is 0.0919. The van der Waals surface area contributed by atoms with E-state index >= 15 is 26.3 Å². The van der Waals surface area contributed by atoms with Crippen molar-refractivity contribution >= 4 is 25.5 Å². The molecule has 0 radical (unpaired) electrons. The van der Waals surface area contributed by atoms with Gasteiger partial charge in [-0.2, -0.15) is 0 Å². The normalized spacial score (nSPS) is 15.5. The standard InChI is InChI=1S/C29H22F6N2O7S2/c1-45(39,40)28-17(23(34)19(30)15(21(28)32)7-13-9-36-43-26(13)11-3-4-11)25(38)18-24(35)20(31)16(22(33)29(18)46(2,41)42)8-14-10-37-44-27(14)12-5-6-12/h9-12H,3-8H2,1-2H3. The predicted molar refractivity (Wildman–Crippen MR) is 145 cm³/mol. The molecule has 2 aromatic carbocycles. The molecule has 2 heterocycles. The van der Waals surface area contributed by atoms with Gasteiger partial charge < -0.3 is 9.05 Å². The number of sulfone groups is 2. The molecule has 0 saturated heterocycles. The summed E-state index contributed by atoms with van der Waals surface area (Å²) in [6.07, 6.45) is 3.99. The Morgan fingerprint density at radius 2 is 1.00 bits per heavy atom. The number of ketones is 1. The number of benzene rings is 2. The van der Waals surface area contributed by atoms with Crippen molar-refractivity contribution in [1.82, 2.24) is 10.3 Å². The molecule has 46 heavy (non-hydrogen) atoms. The number of carbonyl (C=O) groups excluding carboxylic acids is 1. The minimum atomic E-state index is -5.02. The molecule has 0 aliphatic heterocycles. The van der Waals surface area contributed by atoms with Crippen LogP contribution in [0.15, 0.2) is 31.2 Å². The molecule has 2 saturated carbocycles. The van der Waals surface area contributed by atoms with E-state index in [9.17, 15) is 21.6 Å². The van der Waals surface area contributed by atoms with E-state index in [-0.39, 0.29) is 34.5 Å². The molecule has 0 amide bonds. The molecule has 2 aromatic heterocycles. The lowest BCUT2D eigenvalue weighted by Gasteiger charge is -2.18. The van der Waals surface area contributed by atoms with Crippen LogP contribution in [0.2, 0.25) is 0 Å². The Morgan fingerprint density at radius 3 is 1.30 bits per heavy atom. The molecule has 2 fully saturated rings. The second kappa shape index (κ2) is 11.1. The fourth-order valence-electron chi connectivity index (χ4n) is 5.46. The number of nitrogens with zero attached hydrogens (tertiary/aromatic N) is 2. The zero-order chi connectivity index (χ0) is 33.5. The first kappa shape index (κ1) is 32.0. The van der Waals surface area contributed by atoms with E-state index in [1.165, 1.54) is 0 Å². The zero-order valence-electron chi connectivity index (χ0n) is 23.9. The fraction of sp³-hybridized carbons (Fsp3) is 0.345. The van der Waals surface area contributed by atoms with Gasteiger partial charge in [0.15, 0.2) is 42.9 Å². The molecule has 6 rings (SSSR count). The van der Waals surface area contributed by atoms with Crippen molar-refractivity contribution in [2.45, 2.75) is 60.2 Å². The third-order valence-corrected chi connectivity index (χ3v) is 10.2. The Bertz CT molecular complexity index is 2020. The van der Waals surface area contributed by atoms with Crippen molar-refractivity contribution in [2.75, 3.05) is 12.5 Å². The van der Waals surface area contributed by atoms with Crippen LogP contribution >= 0.6 is 0 Å². The Kier molecular flexibility index (Phi) is 7.69. The number of rotatable bonds is 10. The molecule has 2 aliphatic rings. The van der Waals surface area contributed by atoms with E-state index in [2.05, 4.69) is 10.3 Å². The van der Waals surface area contributed by atoms with E-state index in [0.717, 1.165) is 12.4 Å². The zero-order valence-corrected chi connectivity index (χ0v) is 25.5. The lowest BCUT2D eigenvalue weighted by molar-refractivity contribution is 0.102. The molecule has 244 valence electrons. The van der Waals surface area contributed by atoms with Crippen LogP contribution < -0.4 is 0 Å². The highest BCUT2D eigenvalue weighted by Crippen LogP contribution is 2.44. The summed E-state index contributed by atoms with van der Waals surface area (Å²) in [6.45, 7) is 0. The Balaban J connectivity index is 1.55. The molecule has 0 unspecified atom stereocenters. The molecule has 17 heteroatoms. The van der Waals surface area contributed by atoms with Crippen LogP contribution in [0.3, 0.4) is 0 Å². The van der Waals surface area contributed by atoms with Crippen LogP contribution in [0.4, 0.5) is 26.3 Å². The molecule has 0 bridgehead atoms. The van der Waals surface area contributed by atoms with Gasteiger partial charge in [0.05, 0.1) is 23.5 Å². The van der Waals surface area contributed by atoms with Crippen molar-refractivity contribution in [1.29, 1.82) is 0 Å². The van der Waals surface area contributed by atoms with Crippen LogP contribution in [0, 0.1) is 34.9 Å². The smallest absolute Gasteiger partial charge is 0.202 e. The summed E-state index contributed by atoms with van der Waals surface area (Å²) in [4.78, 5) is 10.1. The molecular weight excluding hydrogens is 666 g/mol. The van der Waals surface area contributed by atoms with Crippen molar-refractivity contribution in [3.8, 4) is 0 Å². The first-order valence-corrected chi connectivity index (χ1v) is 17.5. The number of aromatic nitrogens is 2. The summed E-state index contributed by atoms with van der Waals surface area (Å²) in [5.74, 6) is -14.8. The lowest BCUT2D eigenvalue weighted by Crippen LogP contribution is -2.23. The molecule has 0 N–H and O–H groups in total. The van der Waals surface area contributed by atoms with Gasteiger partial charge in [-0.05, 0) is 25.7 Å². The van der Waals surface area contributed by atoms with E-state index in [1.54, 1.807) is 0 Å². The molecule has 0 spiro atoms. The number of halogens is 6. The number of hydrogen-bond acceptors (Lipinski definition) is 9. The summed E-state index contributed by atoms with van der Waals surface area (Å²) in [5.41, 5.74) is -6.06. The maximum atomic E-state index is 15.9. The SMILES string of the molecule is CS(=O)(=O)c1c(F)c(Cc2cnoc2C2CC2)c(F)c(F)c1C(=O)c1c(F)c(F)c(Cc2cnoc2C2CC2)c(F)c1S(C)(=O)=O. The van der Waals surface area contributed by atoms with Crippen LogP contribution in [0.1, 0.15) is 87.2 Å². The van der Waals surface area contributed by atoms with E-state index in [1.807, 2.05) is 0 Å². The molecular formula is C29H22F6N2O7S2. The topological polar surface area (TPSA) is 137 Å². The van der Waals surface area contributed by atoms with Gasteiger partial charge in [0.25, 0.3) is 0 Å².